The van der Waals surface area contributed by atoms with Crippen molar-refractivity contribution in [2.75, 3.05) is 7.11 Å². The smallest absolute Gasteiger partial charge is 0.0319 e. The fourth-order valence-electron chi connectivity index (χ4n) is 0.714. The zero-order valence-electron chi connectivity index (χ0n) is 10.5. The minimum Gasteiger partial charge on any atom is -0.400 e. The predicted molar refractivity (Wildman–Crippen MR) is 66.7 cm³/mol. The van der Waals surface area contributed by atoms with Gasteiger partial charge in [-0.1, -0.05) is 65.0 Å². The summed E-state index contributed by atoms with van der Waals surface area (Å²) >= 11 is 0. The van der Waals surface area contributed by atoms with Crippen molar-refractivity contribution in [3.8, 4) is 0 Å². The second kappa shape index (κ2) is 22.8. The molecular formula is C13H26O. The van der Waals surface area contributed by atoms with Crippen molar-refractivity contribution in [2.45, 2.75) is 41.0 Å². The molecule has 1 heteroatoms. The van der Waals surface area contributed by atoms with Crippen LogP contribution in [0.5, 0.6) is 0 Å². The maximum Gasteiger partial charge on any atom is 0.0319 e. The molecule has 0 aliphatic heterocycles. The number of aliphatic hydroxyl groups is 1. The first kappa shape index (κ1) is 18.9. The predicted octanol–water partition coefficient (Wildman–Crippen LogP) is 3.91. The lowest BCUT2D eigenvalue weighted by Crippen LogP contribution is -1.73. The van der Waals surface area contributed by atoms with Crippen LogP contribution >= 0.6 is 0 Å². The lowest BCUT2D eigenvalue weighted by atomic mass is 10.2. The summed E-state index contributed by atoms with van der Waals surface area (Å²) in [5, 5.41) is 7.00. The van der Waals surface area contributed by atoms with E-state index in [4.69, 9.17) is 5.11 Å². The van der Waals surface area contributed by atoms with E-state index in [2.05, 4.69) is 31.2 Å². The zero-order valence-corrected chi connectivity index (χ0v) is 10.5. The van der Waals surface area contributed by atoms with Crippen LogP contribution in [0.25, 0.3) is 0 Å². The summed E-state index contributed by atoms with van der Waals surface area (Å²) in [6.45, 7) is 10.2. The number of benzene rings is 1. The van der Waals surface area contributed by atoms with E-state index in [-0.39, 0.29) is 0 Å². The molecule has 0 fully saturated rings. The molecule has 0 spiro atoms. The average molecular weight is 198 g/mol. The SMILES string of the molecule is CC.CC.CCc1ccccc1.CO. The molecule has 0 saturated heterocycles. The highest BCUT2D eigenvalue weighted by molar-refractivity contribution is 5.13. The van der Waals surface area contributed by atoms with E-state index in [0.717, 1.165) is 13.5 Å². The molecule has 1 aromatic rings. The van der Waals surface area contributed by atoms with Gasteiger partial charge in [0.2, 0.25) is 0 Å². The first-order valence-corrected chi connectivity index (χ1v) is 5.42. The highest BCUT2D eigenvalue weighted by Crippen LogP contribution is 1.96. The first-order valence-electron chi connectivity index (χ1n) is 5.42. The van der Waals surface area contributed by atoms with Crippen LogP contribution in [0.1, 0.15) is 40.2 Å². The summed E-state index contributed by atoms with van der Waals surface area (Å²) in [7, 11) is 1.00. The van der Waals surface area contributed by atoms with Gasteiger partial charge in [-0.05, 0) is 12.0 Å². The number of rotatable bonds is 1. The minimum atomic E-state index is 1.00. The maximum atomic E-state index is 7.00. The van der Waals surface area contributed by atoms with E-state index in [1.165, 1.54) is 5.56 Å². The van der Waals surface area contributed by atoms with Crippen molar-refractivity contribution in [3.63, 3.8) is 0 Å². The van der Waals surface area contributed by atoms with Crippen LogP contribution in [0.15, 0.2) is 30.3 Å². The van der Waals surface area contributed by atoms with Gasteiger partial charge < -0.3 is 5.11 Å². The molecule has 0 aliphatic carbocycles. The van der Waals surface area contributed by atoms with Crippen LogP contribution in [-0.2, 0) is 6.42 Å². The van der Waals surface area contributed by atoms with Crippen LogP contribution < -0.4 is 0 Å². The third-order valence-electron chi connectivity index (χ3n) is 1.25. The van der Waals surface area contributed by atoms with Crippen molar-refractivity contribution in [1.29, 1.82) is 0 Å². The summed E-state index contributed by atoms with van der Waals surface area (Å²) in [6, 6.07) is 10.5. The molecule has 0 aliphatic rings. The van der Waals surface area contributed by atoms with E-state index >= 15 is 0 Å². The van der Waals surface area contributed by atoms with Crippen molar-refractivity contribution < 1.29 is 5.11 Å². The van der Waals surface area contributed by atoms with Crippen molar-refractivity contribution in [1.82, 2.24) is 0 Å². The molecule has 14 heavy (non-hydrogen) atoms. The number of hydrogen-bond acceptors (Lipinski definition) is 1. The molecule has 1 nitrogen and oxygen atoms in total. The van der Waals surface area contributed by atoms with Gasteiger partial charge in [0.1, 0.15) is 0 Å². The molecule has 0 unspecified atom stereocenters. The Morgan fingerprint density at radius 2 is 1.21 bits per heavy atom. The summed E-state index contributed by atoms with van der Waals surface area (Å²) in [5.74, 6) is 0. The summed E-state index contributed by atoms with van der Waals surface area (Å²) in [5.41, 5.74) is 1.41. The van der Waals surface area contributed by atoms with E-state index in [9.17, 15) is 0 Å². The first-order chi connectivity index (χ1) is 6.93. The van der Waals surface area contributed by atoms with Crippen LogP contribution in [0.4, 0.5) is 0 Å². The molecule has 0 heterocycles. The van der Waals surface area contributed by atoms with Gasteiger partial charge in [-0.15, -0.1) is 0 Å². The van der Waals surface area contributed by atoms with Gasteiger partial charge in [0.05, 0.1) is 0 Å². The van der Waals surface area contributed by atoms with Gasteiger partial charge in [0, 0.05) is 7.11 Å². The van der Waals surface area contributed by atoms with Gasteiger partial charge in [-0.3, -0.25) is 0 Å². The van der Waals surface area contributed by atoms with Gasteiger partial charge in [-0.2, -0.15) is 0 Å². The van der Waals surface area contributed by atoms with E-state index in [1.54, 1.807) is 0 Å². The average Bonchev–Trinajstić information content (AvgIpc) is 2.37. The Morgan fingerprint density at radius 3 is 1.43 bits per heavy atom. The van der Waals surface area contributed by atoms with Crippen LogP contribution in [0.2, 0.25) is 0 Å². The van der Waals surface area contributed by atoms with Crippen LogP contribution in [0, 0.1) is 0 Å². The Morgan fingerprint density at radius 1 is 0.857 bits per heavy atom. The van der Waals surface area contributed by atoms with E-state index < -0.39 is 0 Å². The molecule has 0 bridgehead atoms. The Kier molecular flexibility index (Phi) is 30.7. The van der Waals surface area contributed by atoms with Crippen molar-refractivity contribution >= 4 is 0 Å². The molecule has 0 aromatic heterocycles. The molecule has 0 saturated carbocycles. The zero-order chi connectivity index (χ0) is 11.8. The topological polar surface area (TPSA) is 20.2 Å². The molecule has 1 aromatic carbocycles. The summed E-state index contributed by atoms with van der Waals surface area (Å²) in [4.78, 5) is 0. The Balaban J connectivity index is -0.000000174. The molecular weight excluding hydrogens is 172 g/mol. The van der Waals surface area contributed by atoms with E-state index in [0.29, 0.717) is 0 Å². The Hall–Kier alpha value is -0.820. The lowest BCUT2D eigenvalue weighted by Gasteiger charge is -1.89. The quantitative estimate of drug-likeness (QED) is 0.725. The standard InChI is InChI=1S/C8H10.2C2H6.CH4O/c1-2-8-6-4-3-5-7-8;3*1-2/h3-7H,2H2,1H3;2*1-2H3;2H,1H3. The maximum absolute atomic E-state index is 7.00. The molecule has 1 N–H and O–H groups in total. The highest BCUT2D eigenvalue weighted by atomic mass is 16.2. The number of aliphatic hydroxyl groups excluding tert-OH is 1. The Labute approximate surface area is 89.8 Å². The second-order valence-corrected chi connectivity index (χ2v) is 1.84. The van der Waals surface area contributed by atoms with Crippen LogP contribution in [0.3, 0.4) is 0 Å². The fourth-order valence-corrected chi connectivity index (χ4v) is 0.714. The Bertz CT molecular complexity index is 147. The van der Waals surface area contributed by atoms with Crippen molar-refractivity contribution in [3.05, 3.63) is 35.9 Å². The molecule has 0 radical (unpaired) electrons. The largest absolute Gasteiger partial charge is 0.400 e. The fraction of sp³-hybridized carbons (Fsp3) is 0.538. The summed E-state index contributed by atoms with van der Waals surface area (Å²) in [6.07, 6.45) is 1.14. The van der Waals surface area contributed by atoms with Gasteiger partial charge in [0.25, 0.3) is 0 Å². The molecule has 1 rings (SSSR count). The van der Waals surface area contributed by atoms with Gasteiger partial charge in [0.15, 0.2) is 0 Å². The lowest BCUT2D eigenvalue weighted by molar-refractivity contribution is 0.399. The molecule has 0 amide bonds. The van der Waals surface area contributed by atoms with Gasteiger partial charge in [-0.25, -0.2) is 0 Å². The van der Waals surface area contributed by atoms with E-state index in [1.807, 2.05) is 33.8 Å². The number of aryl methyl sites for hydroxylation is 1. The third kappa shape index (κ3) is 13.7. The van der Waals surface area contributed by atoms with Crippen molar-refractivity contribution in [2.24, 2.45) is 0 Å². The normalized spacial score (nSPS) is 6.50. The highest BCUT2D eigenvalue weighted by Gasteiger charge is 1.79. The second-order valence-electron chi connectivity index (χ2n) is 1.84. The van der Waals surface area contributed by atoms with Crippen LogP contribution in [-0.4, -0.2) is 12.2 Å². The number of hydrogen-bond donors (Lipinski definition) is 1. The summed E-state index contributed by atoms with van der Waals surface area (Å²) < 4.78 is 0. The molecule has 0 atom stereocenters. The van der Waals surface area contributed by atoms with Gasteiger partial charge >= 0.3 is 0 Å². The molecule has 84 valence electrons. The minimum absolute atomic E-state index is 1.00. The monoisotopic (exact) mass is 198 g/mol. The third-order valence-corrected chi connectivity index (χ3v) is 1.25.